The number of aryl methyl sites for hydroxylation is 1. The van der Waals surface area contributed by atoms with Crippen molar-refractivity contribution in [3.8, 4) is 5.75 Å². The molecule has 0 aliphatic rings. The van der Waals surface area contributed by atoms with Crippen LogP contribution in [-0.4, -0.2) is 16.7 Å². The molecule has 2 aromatic carbocycles. The first-order valence-electron chi connectivity index (χ1n) is 9.12. The van der Waals surface area contributed by atoms with Crippen molar-refractivity contribution in [3.05, 3.63) is 88.7 Å². The van der Waals surface area contributed by atoms with E-state index in [4.69, 9.17) is 27.0 Å². The molecule has 0 unspecified atom stereocenters. The number of benzene rings is 2. The van der Waals surface area contributed by atoms with Gasteiger partial charge in [0.05, 0.1) is 5.69 Å². The largest absolute Gasteiger partial charge is 0.487 e. The van der Waals surface area contributed by atoms with Crippen LogP contribution in [0.4, 0.5) is 5.69 Å². The number of nitrogens with two attached hydrogens (primary N) is 2. The highest BCUT2D eigenvalue weighted by molar-refractivity contribution is 5.95. The number of hydrogen-bond donors (Lipinski definition) is 5. The third-order valence-electron chi connectivity index (χ3n) is 4.42. The van der Waals surface area contributed by atoms with Gasteiger partial charge in [-0.3, -0.25) is 15.8 Å². The van der Waals surface area contributed by atoms with Crippen molar-refractivity contribution in [1.82, 2.24) is 4.98 Å². The summed E-state index contributed by atoms with van der Waals surface area (Å²) < 4.78 is 5.95. The first-order chi connectivity index (χ1) is 13.9. The van der Waals surface area contributed by atoms with Gasteiger partial charge in [-0.25, -0.2) is 0 Å². The Kier molecular flexibility index (Phi) is 6.09. The van der Waals surface area contributed by atoms with E-state index >= 15 is 0 Å². The van der Waals surface area contributed by atoms with Crippen LogP contribution >= 0.6 is 0 Å². The Balaban J connectivity index is 1.64. The van der Waals surface area contributed by atoms with Gasteiger partial charge >= 0.3 is 0 Å². The quantitative estimate of drug-likeness (QED) is 0.298. The molecule has 0 amide bonds. The second-order valence-corrected chi connectivity index (χ2v) is 6.67. The van der Waals surface area contributed by atoms with Crippen LogP contribution in [0.3, 0.4) is 0 Å². The summed E-state index contributed by atoms with van der Waals surface area (Å²) in [6.45, 7) is 2.86. The summed E-state index contributed by atoms with van der Waals surface area (Å²) >= 11 is 0. The number of hydrogen-bond acceptors (Lipinski definition) is 5. The maximum atomic E-state index is 7.54. The van der Waals surface area contributed by atoms with Gasteiger partial charge in [-0.1, -0.05) is 18.2 Å². The highest BCUT2D eigenvalue weighted by Gasteiger charge is 2.06. The van der Waals surface area contributed by atoms with E-state index in [0.29, 0.717) is 30.0 Å². The molecular formula is C22H24N6O. The van der Waals surface area contributed by atoms with Crippen LogP contribution < -0.4 is 21.5 Å². The number of nitrogens with one attached hydrogen (secondary N) is 3. The summed E-state index contributed by atoms with van der Waals surface area (Å²) in [5, 5.41) is 18.3. The lowest BCUT2D eigenvalue weighted by molar-refractivity contribution is 0.302. The molecule has 0 fully saturated rings. The molecule has 0 atom stereocenters. The van der Waals surface area contributed by atoms with E-state index in [1.807, 2.05) is 61.7 Å². The first-order valence-corrected chi connectivity index (χ1v) is 9.12. The van der Waals surface area contributed by atoms with E-state index < -0.39 is 0 Å². The average molecular weight is 388 g/mol. The van der Waals surface area contributed by atoms with Crippen molar-refractivity contribution in [1.29, 1.82) is 10.8 Å². The van der Waals surface area contributed by atoms with Crippen LogP contribution in [0.2, 0.25) is 0 Å². The van der Waals surface area contributed by atoms with Crippen LogP contribution in [0.5, 0.6) is 5.75 Å². The Hall–Kier alpha value is -3.87. The van der Waals surface area contributed by atoms with Gasteiger partial charge in [-0.15, -0.1) is 0 Å². The summed E-state index contributed by atoms with van der Waals surface area (Å²) in [5.74, 6) is 0.800. The molecule has 7 nitrogen and oxygen atoms in total. The zero-order chi connectivity index (χ0) is 20.8. The molecule has 1 heterocycles. The minimum Gasteiger partial charge on any atom is -0.487 e. The highest BCUT2D eigenvalue weighted by Crippen LogP contribution is 2.20. The maximum Gasteiger partial charge on any atom is 0.141 e. The van der Waals surface area contributed by atoms with Crippen molar-refractivity contribution in [2.24, 2.45) is 11.5 Å². The number of nitrogens with zero attached hydrogens (tertiary/aromatic N) is 1. The molecule has 7 heteroatoms. The Morgan fingerprint density at radius 1 is 0.966 bits per heavy atom. The van der Waals surface area contributed by atoms with E-state index in [0.717, 1.165) is 22.5 Å². The fraction of sp³-hybridized carbons (Fsp3) is 0.136. The molecule has 3 aromatic rings. The Labute approximate surface area is 169 Å². The molecule has 0 aliphatic carbocycles. The van der Waals surface area contributed by atoms with Gasteiger partial charge < -0.3 is 21.5 Å². The molecule has 0 saturated carbocycles. The number of pyridine rings is 1. The molecule has 148 valence electrons. The molecule has 29 heavy (non-hydrogen) atoms. The number of rotatable bonds is 8. The third kappa shape index (κ3) is 5.32. The molecule has 0 saturated heterocycles. The standard InChI is InChI=1S/C22H24N6O/c1-14-20(29-13-15-3-2-4-18(9-15)22(25)26)10-16(11-27-14)12-28-19-7-5-17(6-8-19)21(23)24/h2-11,28H,12-13H2,1H3,(H3,23,24)(H3,25,26). The number of anilines is 1. The minimum absolute atomic E-state index is 0.0362. The van der Waals surface area contributed by atoms with Gasteiger partial charge in [0.15, 0.2) is 0 Å². The summed E-state index contributed by atoms with van der Waals surface area (Å²) in [6, 6.07) is 16.8. The molecule has 0 aliphatic heterocycles. The van der Waals surface area contributed by atoms with E-state index in [9.17, 15) is 0 Å². The van der Waals surface area contributed by atoms with Gasteiger partial charge in [0, 0.05) is 29.6 Å². The van der Waals surface area contributed by atoms with Crippen molar-refractivity contribution in [2.45, 2.75) is 20.1 Å². The van der Waals surface area contributed by atoms with Crippen LogP contribution in [0.25, 0.3) is 0 Å². The topological polar surface area (TPSA) is 134 Å². The zero-order valence-corrected chi connectivity index (χ0v) is 16.2. The second-order valence-electron chi connectivity index (χ2n) is 6.67. The van der Waals surface area contributed by atoms with E-state index in [-0.39, 0.29) is 11.7 Å². The summed E-state index contributed by atoms with van der Waals surface area (Å²) in [6.07, 6.45) is 1.81. The average Bonchev–Trinajstić information content (AvgIpc) is 2.72. The normalized spacial score (nSPS) is 10.4. The predicted octanol–water partition coefficient (Wildman–Crippen LogP) is 3.15. The third-order valence-corrected chi connectivity index (χ3v) is 4.42. The predicted molar refractivity (Wildman–Crippen MR) is 116 cm³/mol. The van der Waals surface area contributed by atoms with Gasteiger partial charge in [-0.2, -0.15) is 0 Å². The minimum atomic E-state index is 0.0362. The summed E-state index contributed by atoms with van der Waals surface area (Å²) in [5.41, 5.74) is 16.1. The first kappa shape index (κ1) is 19.9. The fourth-order valence-electron chi connectivity index (χ4n) is 2.76. The fourth-order valence-corrected chi connectivity index (χ4v) is 2.76. The molecular weight excluding hydrogens is 364 g/mol. The van der Waals surface area contributed by atoms with Gasteiger partial charge in [-0.05, 0) is 54.4 Å². The van der Waals surface area contributed by atoms with Crippen LogP contribution in [-0.2, 0) is 13.2 Å². The molecule has 0 radical (unpaired) electrons. The number of amidine groups is 2. The maximum absolute atomic E-state index is 7.54. The van der Waals surface area contributed by atoms with E-state index in [1.165, 1.54) is 0 Å². The lowest BCUT2D eigenvalue weighted by atomic mass is 10.1. The molecule has 3 rings (SSSR count). The lowest BCUT2D eigenvalue weighted by Gasteiger charge is -2.12. The van der Waals surface area contributed by atoms with Crippen LogP contribution in [0.15, 0.2) is 60.8 Å². The van der Waals surface area contributed by atoms with Gasteiger partial charge in [0.25, 0.3) is 0 Å². The Morgan fingerprint density at radius 3 is 2.38 bits per heavy atom. The van der Waals surface area contributed by atoms with E-state index in [1.54, 1.807) is 6.07 Å². The zero-order valence-electron chi connectivity index (χ0n) is 16.2. The van der Waals surface area contributed by atoms with Crippen molar-refractivity contribution in [2.75, 3.05) is 5.32 Å². The Bertz CT molecular complexity index is 1030. The SMILES string of the molecule is Cc1ncc(CNc2ccc(C(=N)N)cc2)cc1OCc1cccc(C(=N)N)c1. The number of nitrogen functional groups attached to an aromatic ring is 2. The highest BCUT2D eigenvalue weighted by atomic mass is 16.5. The lowest BCUT2D eigenvalue weighted by Crippen LogP contribution is -2.11. The number of aromatic nitrogens is 1. The Morgan fingerprint density at radius 2 is 1.69 bits per heavy atom. The van der Waals surface area contributed by atoms with Crippen LogP contribution in [0, 0.1) is 17.7 Å². The van der Waals surface area contributed by atoms with Crippen molar-refractivity contribution in [3.63, 3.8) is 0 Å². The van der Waals surface area contributed by atoms with Gasteiger partial charge in [0.2, 0.25) is 0 Å². The number of ether oxygens (including phenoxy) is 1. The monoisotopic (exact) mass is 388 g/mol. The van der Waals surface area contributed by atoms with Crippen molar-refractivity contribution < 1.29 is 4.74 Å². The van der Waals surface area contributed by atoms with E-state index in [2.05, 4.69) is 10.3 Å². The summed E-state index contributed by atoms with van der Waals surface area (Å²) in [7, 11) is 0. The summed E-state index contributed by atoms with van der Waals surface area (Å²) in [4.78, 5) is 4.42. The molecule has 1 aromatic heterocycles. The van der Waals surface area contributed by atoms with Crippen molar-refractivity contribution >= 4 is 17.4 Å². The molecule has 0 bridgehead atoms. The molecule has 7 N–H and O–H groups in total. The van der Waals surface area contributed by atoms with Crippen LogP contribution in [0.1, 0.15) is 27.9 Å². The second kappa shape index (κ2) is 8.88. The molecule has 0 spiro atoms. The van der Waals surface area contributed by atoms with Gasteiger partial charge in [0.1, 0.15) is 24.0 Å². The smallest absolute Gasteiger partial charge is 0.141 e.